The molecule has 1 aliphatic heterocycles. The normalized spacial score (nSPS) is 14.7. The average molecular weight is 465 g/mol. The van der Waals surface area contributed by atoms with E-state index in [2.05, 4.69) is 10.1 Å². The Bertz CT molecular complexity index is 1080. The second-order valence-electron chi connectivity index (χ2n) is 7.13. The van der Waals surface area contributed by atoms with Crippen molar-refractivity contribution in [2.45, 2.75) is 19.0 Å². The standard InChI is InChI=1S/C21H21F2N3O7/c1-24-19(27)8-14-10-32-18-7-13(22)3-4-16(18)25(14)9-12-5-15(23)21(17(6-12)26(29)30)33-11-20(28)31-2/h3-7,14H,8-11H2,1-2H3,(H,24,27). The van der Waals surface area contributed by atoms with Crippen molar-refractivity contribution in [2.75, 3.05) is 32.3 Å². The second kappa shape index (κ2) is 10.1. The van der Waals surface area contributed by atoms with Gasteiger partial charge in [-0.05, 0) is 23.8 Å². The van der Waals surface area contributed by atoms with E-state index in [0.29, 0.717) is 5.69 Å². The summed E-state index contributed by atoms with van der Waals surface area (Å²) in [6, 6.07) is 5.51. The Kier molecular flexibility index (Phi) is 7.26. The molecule has 0 saturated carbocycles. The summed E-state index contributed by atoms with van der Waals surface area (Å²) in [7, 11) is 2.58. The van der Waals surface area contributed by atoms with Gasteiger partial charge in [0.05, 0.1) is 30.2 Å². The van der Waals surface area contributed by atoms with Crippen LogP contribution in [-0.2, 0) is 20.9 Å². The summed E-state index contributed by atoms with van der Waals surface area (Å²) >= 11 is 0. The number of carbonyl (C=O) groups excluding carboxylic acids is 2. The number of halogens is 2. The molecule has 1 aliphatic rings. The van der Waals surface area contributed by atoms with Crippen LogP contribution in [0.25, 0.3) is 0 Å². The first-order valence-corrected chi connectivity index (χ1v) is 9.79. The van der Waals surface area contributed by atoms with Crippen LogP contribution in [0.3, 0.4) is 0 Å². The highest BCUT2D eigenvalue weighted by molar-refractivity contribution is 5.77. The number of carbonyl (C=O) groups is 2. The molecule has 0 spiro atoms. The first-order chi connectivity index (χ1) is 15.7. The van der Waals surface area contributed by atoms with Gasteiger partial charge in [-0.2, -0.15) is 0 Å². The van der Waals surface area contributed by atoms with E-state index in [1.807, 2.05) is 0 Å². The molecule has 33 heavy (non-hydrogen) atoms. The molecule has 1 atom stereocenters. The van der Waals surface area contributed by atoms with Crippen LogP contribution in [0.4, 0.5) is 20.2 Å². The van der Waals surface area contributed by atoms with Gasteiger partial charge in [0.15, 0.2) is 12.4 Å². The number of esters is 1. The van der Waals surface area contributed by atoms with Gasteiger partial charge in [-0.15, -0.1) is 0 Å². The number of nitro groups is 1. The molecule has 2 aromatic carbocycles. The van der Waals surface area contributed by atoms with Crippen molar-refractivity contribution in [3.05, 3.63) is 57.6 Å². The van der Waals surface area contributed by atoms with Crippen LogP contribution < -0.4 is 19.7 Å². The van der Waals surface area contributed by atoms with E-state index < -0.39 is 46.6 Å². The van der Waals surface area contributed by atoms with Gasteiger partial charge < -0.3 is 24.4 Å². The molecule has 0 aromatic heterocycles. The van der Waals surface area contributed by atoms with Gasteiger partial charge in [0.2, 0.25) is 11.7 Å². The van der Waals surface area contributed by atoms with Crippen LogP contribution in [0.2, 0.25) is 0 Å². The van der Waals surface area contributed by atoms with Gasteiger partial charge in [0, 0.05) is 25.7 Å². The molecule has 1 heterocycles. The zero-order valence-corrected chi connectivity index (χ0v) is 17.8. The fourth-order valence-corrected chi connectivity index (χ4v) is 3.40. The molecule has 1 unspecified atom stereocenters. The third-order valence-corrected chi connectivity index (χ3v) is 5.00. The van der Waals surface area contributed by atoms with E-state index in [1.54, 1.807) is 4.90 Å². The topological polar surface area (TPSA) is 120 Å². The van der Waals surface area contributed by atoms with Crippen molar-refractivity contribution in [2.24, 2.45) is 0 Å². The summed E-state index contributed by atoms with van der Waals surface area (Å²) in [5.41, 5.74) is -0.0290. The number of nitrogens with one attached hydrogen (secondary N) is 1. The minimum absolute atomic E-state index is 0.0260. The lowest BCUT2D eigenvalue weighted by Gasteiger charge is -2.38. The maximum atomic E-state index is 14.8. The van der Waals surface area contributed by atoms with Crippen molar-refractivity contribution in [3.63, 3.8) is 0 Å². The van der Waals surface area contributed by atoms with Crippen LogP contribution in [0, 0.1) is 21.7 Å². The fourth-order valence-electron chi connectivity index (χ4n) is 3.40. The number of nitrogens with zero attached hydrogens (tertiary/aromatic N) is 2. The smallest absolute Gasteiger partial charge is 0.343 e. The SMILES string of the molecule is CNC(=O)CC1COc2cc(F)ccc2N1Cc1cc(F)c(OCC(=O)OC)c([N+](=O)[O-])c1. The lowest BCUT2D eigenvalue weighted by atomic mass is 10.1. The zero-order valence-electron chi connectivity index (χ0n) is 17.8. The van der Waals surface area contributed by atoms with E-state index in [-0.39, 0.29) is 36.8 Å². The second-order valence-corrected chi connectivity index (χ2v) is 7.13. The van der Waals surface area contributed by atoms with Gasteiger partial charge in [-0.3, -0.25) is 14.9 Å². The van der Waals surface area contributed by atoms with Crippen molar-refractivity contribution in [1.82, 2.24) is 5.32 Å². The molecule has 12 heteroatoms. The molecule has 0 bridgehead atoms. The monoisotopic (exact) mass is 465 g/mol. The molecule has 1 amide bonds. The van der Waals surface area contributed by atoms with Crippen molar-refractivity contribution < 1.29 is 37.5 Å². The summed E-state index contributed by atoms with van der Waals surface area (Å²) in [6.45, 7) is -0.697. The summed E-state index contributed by atoms with van der Waals surface area (Å²) in [5, 5.41) is 14.0. The Balaban J connectivity index is 1.97. The quantitative estimate of drug-likeness (QED) is 0.358. The van der Waals surface area contributed by atoms with E-state index in [4.69, 9.17) is 9.47 Å². The molecule has 176 valence electrons. The predicted octanol–water partition coefficient (Wildman–Crippen LogP) is 2.33. The minimum Gasteiger partial charge on any atom is -0.489 e. The molecule has 0 aliphatic carbocycles. The molecule has 3 rings (SSSR count). The molecular weight excluding hydrogens is 444 g/mol. The number of hydrogen-bond acceptors (Lipinski definition) is 8. The first kappa shape index (κ1) is 23.7. The minimum atomic E-state index is -1.04. The summed E-state index contributed by atoms with van der Waals surface area (Å²) in [5.74, 6) is -3.13. The molecule has 2 aromatic rings. The Morgan fingerprint density at radius 3 is 2.73 bits per heavy atom. The summed E-state index contributed by atoms with van der Waals surface area (Å²) in [6.07, 6.45) is 0.0260. The van der Waals surface area contributed by atoms with Gasteiger partial charge in [0.1, 0.15) is 18.2 Å². The highest BCUT2D eigenvalue weighted by Crippen LogP contribution is 2.38. The molecule has 10 nitrogen and oxygen atoms in total. The van der Waals surface area contributed by atoms with Crippen LogP contribution >= 0.6 is 0 Å². The maximum absolute atomic E-state index is 14.8. The third kappa shape index (κ3) is 5.45. The van der Waals surface area contributed by atoms with Crippen LogP contribution in [0.15, 0.2) is 30.3 Å². The fraction of sp³-hybridized carbons (Fsp3) is 0.333. The molecular formula is C21H21F2N3O7. The highest BCUT2D eigenvalue weighted by atomic mass is 19.1. The van der Waals surface area contributed by atoms with Gasteiger partial charge in [-0.1, -0.05) is 0 Å². The number of nitro benzene ring substituents is 1. The lowest BCUT2D eigenvalue weighted by Crippen LogP contribution is -2.45. The van der Waals surface area contributed by atoms with Crippen molar-refractivity contribution >= 4 is 23.3 Å². The number of fused-ring (bicyclic) bond motifs is 1. The number of rotatable bonds is 8. The van der Waals surface area contributed by atoms with Crippen molar-refractivity contribution in [1.29, 1.82) is 0 Å². The Labute approximate surface area is 187 Å². The highest BCUT2D eigenvalue weighted by Gasteiger charge is 2.31. The van der Waals surface area contributed by atoms with E-state index in [0.717, 1.165) is 19.2 Å². The van der Waals surface area contributed by atoms with Gasteiger partial charge in [-0.25, -0.2) is 13.6 Å². The van der Waals surface area contributed by atoms with E-state index >= 15 is 0 Å². The first-order valence-electron chi connectivity index (χ1n) is 9.79. The lowest BCUT2D eigenvalue weighted by molar-refractivity contribution is -0.386. The number of benzene rings is 2. The number of hydrogen-bond donors (Lipinski definition) is 1. The molecule has 0 radical (unpaired) electrons. The van der Waals surface area contributed by atoms with Gasteiger partial charge >= 0.3 is 11.7 Å². The molecule has 0 saturated heterocycles. The zero-order chi connectivity index (χ0) is 24.1. The van der Waals surface area contributed by atoms with Gasteiger partial charge in [0.25, 0.3) is 0 Å². The van der Waals surface area contributed by atoms with E-state index in [9.17, 15) is 28.5 Å². The molecule has 0 fully saturated rings. The van der Waals surface area contributed by atoms with Crippen LogP contribution in [-0.4, -0.2) is 50.2 Å². The summed E-state index contributed by atoms with van der Waals surface area (Å²) in [4.78, 5) is 35.7. The number of anilines is 1. The Morgan fingerprint density at radius 1 is 1.30 bits per heavy atom. The average Bonchev–Trinajstić information content (AvgIpc) is 2.78. The number of ether oxygens (including phenoxy) is 3. The predicted molar refractivity (Wildman–Crippen MR) is 111 cm³/mol. The summed E-state index contributed by atoms with van der Waals surface area (Å²) < 4.78 is 43.4. The number of methoxy groups -OCH3 is 1. The van der Waals surface area contributed by atoms with Crippen LogP contribution in [0.5, 0.6) is 11.5 Å². The third-order valence-electron chi connectivity index (χ3n) is 5.00. The molecule has 1 N–H and O–H groups in total. The van der Waals surface area contributed by atoms with Crippen LogP contribution in [0.1, 0.15) is 12.0 Å². The number of amides is 1. The largest absolute Gasteiger partial charge is 0.489 e. The van der Waals surface area contributed by atoms with E-state index in [1.165, 1.54) is 25.2 Å². The maximum Gasteiger partial charge on any atom is 0.343 e. The Hall–Kier alpha value is -3.96. The van der Waals surface area contributed by atoms with Crippen molar-refractivity contribution in [3.8, 4) is 11.5 Å². The Morgan fingerprint density at radius 2 is 2.06 bits per heavy atom.